The van der Waals surface area contributed by atoms with Crippen LogP contribution < -0.4 is 10.1 Å². The van der Waals surface area contributed by atoms with Gasteiger partial charge in [0, 0.05) is 12.6 Å². The summed E-state index contributed by atoms with van der Waals surface area (Å²) < 4.78 is 18.4. The van der Waals surface area contributed by atoms with Gasteiger partial charge in [0.1, 0.15) is 17.8 Å². The molecule has 0 radical (unpaired) electrons. The highest BCUT2D eigenvalue weighted by molar-refractivity contribution is 6.31. The molecule has 0 aliphatic carbocycles. The molecular weight excluding hydrogens is 257 g/mol. The molecule has 18 heavy (non-hydrogen) atoms. The fraction of sp³-hybridized carbons (Fsp3) is 0.167. The summed E-state index contributed by atoms with van der Waals surface area (Å²) in [6.07, 6.45) is 1.40. The molecule has 0 spiro atoms. The molecule has 0 amide bonds. The summed E-state index contributed by atoms with van der Waals surface area (Å²) in [6.45, 7) is 0. The van der Waals surface area contributed by atoms with Crippen LogP contribution in [-0.2, 0) is 0 Å². The minimum absolute atomic E-state index is 0.0409. The van der Waals surface area contributed by atoms with Crippen molar-refractivity contribution in [2.24, 2.45) is 0 Å². The maximum absolute atomic E-state index is 13.1. The highest BCUT2D eigenvalue weighted by atomic mass is 35.5. The van der Waals surface area contributed by atoms with Gasteiger partial charge in [0.05, 0.1) is 12.1 Å². The van der Waals surface area contributed by atoms with Crippen LogP contribution >= 0.6 is 11.6 Å². The average molecular weight is 268 g/mol. The second-order valence-electron chi connectivity index (χ2n) is 3.48. The number of anilines is 1. The number of methoxy groups -OCH3 is 1. The average Bonchev–Trinajstić information content (AvgIpc) is 2.40. The first-order valence-corrected chi connectivity index (χ1v) is 5.57. The Hall–Kier alpha value is -1.88. The summed E-state index contributed by atoms with van der Waals surface area (Å²) in [5, 5.41) is 2.94. The van der Waals surface area contributed by atoms with E-state index in [2.05, 4.69) is 15.3 Å². The first-order chi connectivity index (χ1) is 8.67. The third-order valence-electron chi connectivity index (χ3n) is 2.44. The number of halogens is 2. The van der Waals surface area contributed by atoms with E-state index in [1.807, 2.05) is 0 Å². The van der Waals surface area contributed by atoms with Crippen molar-refractivity contribution < 1.29 is 9.13 Å². The van der Waals surface area contributed by atoms with Crippen molar-refractivity contribution in [3.63, 3.8) is 0 Å². The molecule has 0 aliphatic heterocycles. The highest BCUT2D eigenvalue weighted by Crippen LogP contribution is 2.34. The molecule has 0 saturated carbocycles. The minimum Gasteiger partial charge on any atom is -0.491 e. The highest BCUT2D eigenvalue weighted by Gasteiger charge is 2.14. The molecule has 0 fully saturated rings. The zero-order valence-corrected chi connectivity index (χ0v) is 10.6. The molecule has 0 unspecified atom stereocenters. The normalized spacial score (nSPS) is 10.2. The van der Waals surface area contributed by atoms with Crippen LogP contribution in [-0.4, -0.2) is 24.1 Å². The Morgan fingerprint density at radius 1 is 1.33 bits per heavy atom. The molecule has 0 saturated heterocycles. The Bertz CT molecular complexity index is 577. The van der Waals surface area contributed by atoms with Gasteiger partial charge in [-0.05, 0) is 18.2 Å². The smallest absolute Gasteiger partial charge is 0.187 e. The van der Waals surface area contributed by atoms with E-state index in [1.165, 1.54) is 25.6 Å². The summed E-state index contributed by atoms with van der Waals surface area (Å²) in [5.74, 6) is 0.577. The van der Waals surface area contributed by atoms with E-state index in [9.17, 15) is 4.39 Å². The van der Waals surface area contributed by atoms with Gasteiger partial charge in [-0.15, -0.1) is 0 Å². The van der Waals surface area contributed by atoms with E-state index in [0.29, 0.717) is 22.8 Å². The Kier molecular flexibility index (Phi) is 3.62. The standard InChI is InChI=1S/C12H11ClFN3O/c1-15-12-11(18-2)10(16-6-17-12)7-3-4-9(14)8(13)5-7/h3-6H,1-2H3,(H,15,16,17). The van der Waals surface area contributed by atoms with Crippen LogP contribution in [0.25, 0.3) is 11.3 Å². The fourth-order valence-corrected chi connectivity index (χ4v) is 1.77. The first kappa shape index (κ1) is 12.6. The minimum atomic E-state index is -0.470. The van der Waals surface area contributed by atoms with E-state index in [1.54, 1.807) is 13.1 Å². The van der Waals surface area contributed by atoms with Crippen molar-refractivity contribution in [3.8, 4) is 17.0 Å². The SMILES string of the molecule is CNc1ncnc(-c2ccc(F)c(Cl)c2)c1OC. The quantitative estimate of drug-likeness (QED) is 0.929. The van der Waals surface area contributed by atoms with Gasteiger partial charge in [0.15, 0.2) is 11.6 Å². The molecule has 2 rings (SSSR count). The molecule has 4 nitrogen and oxygen atoms in total. The van der Waals surface area contributed by atoms with Gasteiger partial charge in [0.2, 0.25) is 0 Å². The van der Waals surface area contributed by atoms with Crippen LogP contribution in [0.2, 0.25) is 5.02 Å². The van der Waals surface area contributed by atoms with E-state index in [4.69, 9.17) is 16.3 Å². The molecule has 0 atom stereocenters. The van der Waals surface area contributed by atoms with Crippen molar-refractivity contribution in [3.05, 3.63) is 35.4 Å². The summed E-state index contributed by atoms with van der Waals surface area (Å²) in [7, 11) is 3.25. The lowest BCUT2D eigenvalue weighted by Gasteiger charge is -2.11. The van der Waals surface area contributed by atoms with Crippen molar-refractivity contribution in [1.82, 2.24) is 9.97 Å². The number of ether oxygens (including phenoxy) is 1. The molecule has 1 heterocycles. The van der Waals surface area contributed by atoms with Gasteiger partial charge in [-0.3, -0.25) is 0 Å². The van der Waals surface area contributed by atoms with E-state index >= 15 is 0 Å². The zero-order chi connectivity index (χ0) is 13.1. The van der Waals surface area contributed by atoms with E-state index < -0.39 is 5.82 Å². The van der Waals surface area contributed by atoms with Crippen molar-refractivity contribution in [2.45, 2.75) is 0 Å². The Labute approximate surface area is 109 Å². The number of nitrogens with zero attached hydrogens (tertiary/aromatic N) is 2. The summed E-state index contributed by atoms with van der Waals surface area (Å²) in [5.41, 5.74) is 1.22. The van der Waals surface area contributed by atoms with Crippen LogP contribution in [0.1, 0.15) is 0 Å². The molecule has 94 valence electrons. The van der Waals surface area contributed by atoms with Crippen LogP contribution in [0.5, 0.6) is 5.75 Å². The third-order valence-corrected chi connectivity index (χ3v) is 2.73. The zero-order valence-electron chi connectivity index (χ0n) is 9.87. The second kappa shape index (κ2) is 5.18. The number of hydrogen-bond acceptors (Lipinski definition) is 4. The molecule has 0 aliphatic rings. The van der Waals surface area contributed by atoms with Crippen LogP contribution in [0, 0.1) is 5.82 Å². The van der Waals surface area contributed by atoms with Crippen LogP contribution in [0.4, 0.5) is 10.2 Å². The largest absolute Gasteiger partial charge is 0.491 e. The van der Waals surface area contributed by atoms with Gasteiger partial charge in [-0.2, -0.15) is 0 Å². The molecule has 0 bridgehead atoms. The topological polar surface area (TPSA) is 47.0 Å². The van der Waals surface area contributed by atoms with Crippen LogP contribution in [0.3, 0.4) is 0 Å². The van der Waals surface area contributed by atoms with E-state index in [-0.39, 0.29) is 5.02 Å². The summed E-state index contributed by atoms with van der Waals surface area (Å²) in [6, 6.07) is 4.38. The number of benzene rings is 1. The lowest BCUT2D eigenvalue weighted by Crippen LogP contribution is -2.00. The molecule has 1 N–H and O–H groups in total. The predicted octanol–water partition coefficient (Wildman–Crippen LogP) is 2.99. The van der Waals surface area contributed by atoms with Crippen molar-refractivity contribution in [1.29, 1.82) is 0 Å². The second-order valence-corrected chi connectivity index (χ2v) is 3.89. The maximum atomic E-state index is 13.1. The van der Waals surface area contributed by atoms with Gasteiger partial charge >= 0.3 is 0 Å². The van der Waals surface area contributed by atoms with Gasteiger partial charge < -0.3 is 10.1 Å². The number of aromatic nitrogens is 2. The van der Waals surface area contributed by atoms with Crippen molar-refractivity contribution in [2.75, 3.05) is 19.5 Å². The first-order valence-electron chi connectivity index (χ1n) is 5.19. The summed E-state index contributed by atoms with van der Waals surface area (Å²) in [4.78, 5) is 8.18. The van der Waals surface area contributed by atoms with Gasteiger partial charge in [-0.1, -0.05) is 11.6 Å². The van der Waals surface area contributed by atoms with Gasteiger partial charge in [0.25, 0.3) is 0 Å². The predicted molar refractivity (Wildman–Crippen MR) is 68.5 cm³/mol. The van der Waals surface area contributed by atoms with E-state index in [0.717, 1.165) is 0 Å². The maximum Gasteiger partial charge on any atom is 0.187 e. The number of rotatable bonds is 3. The number of hydrogen-bond donors (Lipinski definition) is 1. The lowest BCUT2D eigenvalue weighted by molar-refractivity contribution is 0.415. The van der Waals surface area contributed by atoms with Crippen LogP contribution in [0.15, 0.2) is 24.5 Å². The molecular formula is C12H11ClFN3O. The summed E-state index contributed by atoms with van der Waals surface area (Å²) >= 11 is 5.76. The Morgan fingerprint density at radius 3 is 2.72 bits per heavy atom. The lowest BCUT2D eigenvalue weighted by atomic mass is 10.1. The molecule has 6 heteroatoms. The fourth-order valence-electron chi connectivity index (χ4n) is 1.59. The Morgan fingerprint density at radius 2 is 2.11 bits per heavy atom. The molecule has 1 aromatic carbocycles. The Balaban J connectivity index is 2.59. The molecule has 1 aromatic heterocycles. The van der Waals surface area contributed by atoms with Gasteiger partial charge in [-0.25, -0.2) is 14.4 Å². The third kappa shape index (κ3) is 2.22. The molecule has 2 aromatic rings. The number of nitrogens with one attached hydrogen (secondary N) is 1. The van der Waals surface area contributed by atoms with Crippen molar-refractivity contribution >= 4 is 17.4 Å². The monoisotopic (exact) mass is 267 g/mol.